The lowest BCUT2D eigenvalue weighted by molar-refractivity contribution is 0.194. The van der Waals surface area contributed by atoms with Crippen molar-refractivity contribution in [2.75, 3.05) is 25.0 Å². The average Bonchev–Trinajstić information content (AvgIpc) is 3.17. The van der Waals surface area contributed by atoms with Gasteiger partial charge in [0, 0.05) is 18.3 Å². The summed E-state index contributed by atoms with van der Waals surface area (Å²) in [5.74, 6) is 1.51. The van der Waals surface area contributed by atoms with Gasteiger partial charge in [0.2, 0.25) is 5.88 Å². The number of nitrogens with one attached hydrogen (secondary N) is 3. The Morgan fingerprint density at radius 3 is 2.86 bits per heavy atom. The number of H-pyrrole nitrogens is 1. The summed E-state index contributed by atoms with van der Waals surface area (Å²) in [5, 5.41) is 15.7. The second kappa shape index (κ2) is 8.11. The lowest BCUT2D eigenvalue weighted by Gasteiger charge is -2.27. The van der Waals surface area contributed by atoms with Gasteiger partial charge in [-0.15, -0.1) is 0 Å². The molecule has 2 aromatic heterocycles. The molecule has 0 radical (unpaired) electrons. The number of imidazole rings is 1. The van der Waals surface area contributed by atoms with Crippen molar-refractivity contribution in [2.24, 2.45) is 0 Å². The molecule has 28 heavy (non-hydrogen) atoms. The molecule has 1 aromatic carbocycles. The molecule has 1 aliphatic heterocycles. The van der Waals surface area contributed by atoms with Gasteiger partial charge in [-0.25, -0.2) is 9.97 Å². The second-order valence-electron chi connectivity index (χ2n) is 6.84. The van der Waals surface area contributed by atoms with Crippen LogP contribution in [-0.4, -0.2) is 40.7 Å². The number of pyridine rings is 1. The average molecular weight is 374 g/mol. The van der Waals surface area contributed by atoms with Crippen molar-refractivity contribution in [1.29, 1.82) is 5.26 Å². The van der Waals surface area contributed by atoms with Gasteiger partial charge < -0.3 is 20.4 Å². The Balaban J connectivity index is 1.27. The van der Waals surface area contributed by atoms with Crippen molar-refractivity contribution in [3.63, 3.8) is 0 Å². The summed E-state index contributed by atoms with van der Waals surface area (Å²) in [5.41, 5.74) is 4.73. The molecule has 0 fully saturated rings. The third-order valence-electron chi connectivity index (χ3n) is 4.71. The summed E-state index contributed by atoms with van der Waals surface area (Å²) >= 11 is 0. The first-order valence-electron chi connectivity index (χ1n) is 9.33. The zero-order chi connectivity index (χ0) is 19.3. The minimum Gasteiger partial charge on any atom is -0.470 e. The number of aryl methyl sites for hydroxylation is 1. The Morgan fingerprint density at radius 2 is 2.11 bits per heavy atom. The third kappa shape index (κ3) is 4.13. The van der Waals surface area contributed by atoms with E-state index in [4.69, 9.17) is 10.00 Å². The van der Waals surface area contributed by atoms with Gasteiger partial charge in [-0.1, -0.05) is 12.1 Å². The lowest BCUT2D eigenvalue weighted by Crippen LogP contribution is -2.40. The zero-order valence-corrected chi connectivity index (χ0v) is 15.7. The molecular weight excluding hydrogens is 352 g/mol. The van der Waals surface area contributed by atoms with Crippen molar-refractivity contribution >= 4 is 5.69 Å². The summed E-state index contributed by atoms with van der Waals surface area (Å²) in [6, 6.07) is 11.9. The van der Waals surface area contributed by atoms with Gasteiger partial charge in [0.15, 0.2) is 0 Å². The van der Waals surface area contributed by atoms with E-state index in [1.165, 1.54) is 5.56 Å². The number of nitrogens with zero attached hydrogens (tertiary/aromatic N) is 3. The fourth-order valence-electron chi connectivity index (χ4n) is 3.17. The van der Waals surface area contributed by atoms with E-state index in [0.29, 0.717) is 11.4 Å². The van der Waals surface area contributed by atoms with Gasteiger partial charge in [0.25, 0.3) is 0 Å². The molecule has 0 saturated heterocycles. The van der Waals surface area contributed by atoms with E-state index in [9.17, 15) is 0 Å². The maximum Gasteiger partial charge on any atom is 0.237 e. The quantitative estimate of drug-likeness (QED) is 0.574. The fraction of sp³-hybridized carbons (Fsp3) is 0.286. The molecule has 1 atom stereocenters. The first-order valence-corrected chi connectivity index (χ1v) is 9.33. The van der Waals surface area contributed by atoms with Gasteiger partial charge in [-0.05, 0) is 43.7 Å². The van der Waals surface area contributed by atoms with E-state index >= 15 is 0 Å². The molecule has 0 saturated carbocycles. The molecular formula is C21H22N6O. The molecule has 3 heterocycles. The molecule has 7 nitrogen and oxygen atoms in total. The van der Waals surface area contributed by atoms with Crippen LogP contribution in [0.15, 0.2) is 42.7 Å². The van der Waals surface area contributed by atoms with Crippen molar-refractivity contribution in [2.45, 2.75) is 19.4 Å². The van der Waals surface area contributed by atoms with Crippen LogP contribution in [0.25, 0.3) is 11.3 Å². The van der Waals surface area contributed by atoms with Crippen molar-refractivity contribution in [3.8, 4) is 23.2 Å². The van der Waals surface area contributed by atoms with Crippen LogP contribution in [0, 0.1) is 18.3 Å². The summed E-state index contributed by atoms with van der Waals surface area (Å²) in [6.07, 6.45) is 4.55. The fourth-order valence-corrected chi connectivity index (χ4v) is 3.17. The topological polar surface area (TPSA) is 98.7 Å². The van der Waals surface area contributed by atoms with Crippen molar-refractivity contribution in [1.82, 2.24) is 20.3 Å². The smallest absolute Gasteiger partial charge is 0.237 e. The van der Waals surface area contributed by atoms with Crippen molar-refractivity contribution < 1.29 is 4.74 Å². The predicted molar refractivity (Wildman–Crippen MR) is 107 cm³/mol. The van der Waals surface area contributed by atoms with Gasteiger partial charge >= 0.3 is 0 Å². The Morgan fingerprint density at radius 1 is 1.25 bits per heavy atom. The monoisotopic (exact) mass is 374 g/mol. The van der Waals surface area contributed by atoms with E-state index in [1.807, 2.05) is 43.5 Å². The van der Waals surface area contributed by atoms with E-state index in [0.717, 1.165) is 48.8 Å². The maximum absolute atomic E-state index is 8.84. The van der Waals surface area contributed by atoms with Crippen LogP contribution in [0.4, 0.5) is 5.69 Å². The third-order valence-corrected chi connectivity index (χ3v) is 4.71. The van der Waals surface area contributed by atoms with E-state index in [1.54, 1.807) is 6.20 Å². The second-order valence-corrected chi connectivity index (χ2v) is 6.84. The standard InChI is InChI=1S/C21H22N6O/c1-14-24-13-20(27-14)17-8-19-21(26-10-17)28-18(12-25-19)11-23-7-6-15-2-4-16(9-22)5-3-15/h2-5,8,10,13,18,23,25H,6-7,11-12H2,1H3,(H,24,27). The number of aromatic amines is 1. The Hall–Kier alpha value is -3.37. The van der Waals surface area contributed by atoms with Crippen LogP contribution >= 0.6 is 0 Å². The van der Waals surface area contributed by atoms with E-state index in [-0.39, 0.29) is 6.10 Å². The number of fused-ring (bicyclic) bond motifs is 1. The molecule has 1 unspecified atom stereocenters. The first kappa shape index (κ1) is 18.0. The van der Waals surface area contributed by atoms with Gasteiger partial charge in [0.05, 0.1) is 35.8 Å². The molecule has 7 heteroatoms. The highest BCUT2D eigenvalue weighted by Crippen LogP contribution is 2.30. The number of aromatic nitrogens is 3. The highest BCUT2D eigenvalue weighted by atomic mass is 16.5. The summed E-state index contributed by atoms with van der Waals surface area (Å²) in [6.45, 7) is 4.25. The highest BCUT2D eigenvalue weighted by Gasteiger charge is 2.20. The SMILES string of the molecule is Cc1ncc(-c2cnc3c(c2)NCC(CNCCc2ccc(C#N)cc2)O3)[nH]1. The molecule has 4 rings (SSSR count). The van der Waals surface area contributed by atoms with Gasteiger partial charge in [-0.2, -0.15) is 5.26 Å². The highest BCUT2D eigenvalue weighted by molar-refractivity contribution is 5.67. The van der Waals surface area contributed by atoms with Crippen LogP contribution < -0.4 is 15.4 Å². The van der Waals surface area contributed by atoms with Crippen LogP contribution in [0.5, 0.6) is 5.88 Å². The number of hydrogen-bond donors (Lipinski definition) is 3. The van der Waals surface area contributed by atoms with Crippen LogP contribution in [-0.2, 0) is 6.42 Å². The lowest BCUT2D eigenvalue weighted by atomic mass is 10.1. The molecule has 3 aromatic rings. The van der Waals surface area contributed by atoms with Gasteiger partial charge in [0.1, 0.15) is 11.9 Å². The normalized spacial score (nSPS) is 15.2. The summed E-state index contributed by atoms with van der Waals surface area (Å²) in [7, 11) is 0. The molecule has 0 bridgehead atoms. The molecule has 0 spiro atoms. The van der Waals surface area contributed by atoms with Crippen molar-refractivity contribution in [3.05, 3.63) is 59.7 Å². The molecule has 1 aliphatic rings. The number of rotatable bonds is 6. The minimum atomic E-state index is 0.0289. The molecule has 142 valence electrons. The number of ether oxygens (including phenoxy) is 1. The van der Waals surface area contributed by atoms with Gasteiger partial charge in [-0.3, -0.25) is 0 Å². The summed E-state index contributed by atoms with van der Waals surface area (Å²) < 4.78 is 6.01. The Labute approximate surface area is 163 Å². The predicted octanol–water partition coefficient (Wildman–Crippen LogP) is 2.66. The minimum absolute atomic E-state index is 0.0289. The number of anilines is 1. The van der Waals surface area contributed by atoms with E-state index < -0.39 is 0 Å². The molecule has 0 amide bonds. The molecule has 0 aliphatic carbocycles. The number of nitriles is 1. The number of hydrogen-bond acceptors (Lipinski definition) is 6. The zero-order valence-electron chi connectivity index (χ0n) is 15.7. The Bertz CT molecular complexity index is 989. The first-order chi connectivity index (χ1) is 13.7. The Kier molecular flexibility index (Phi) is 5.22. The van der Waals surface area contributed by atoms with Crippen LogP contribution in [0.1, 0.15) is 17.0 Å². The maximum atomic E-state index is 8.84. The number of benzene rings is 1. The largest absolute Gasteiger partial charge is 0.470 e. The summed E-state index contributed by atoms with van der Waals surface area (Å²) in [4.78, 5) is 11.9. The van der Waals surface area contributed by atoms with E-state index in [2.05, 4.69) is 31.7 Å². The van der Waals surface area contributed by atoms with Crippen LogP contribution in [0.2, 0.25) is 0 Å². The molecule has 3 N–H and O–H groups in total. The van der Waals surface area contributed by atoms with Crippen LogP contribution in [0.3, 0.4) is 0 Å².